The smallest absolute Gasteiger partial charge is 0.433 e. The standard InChI is InChI=1S/C14H13FN2O6/c1-21-6-7-22-11-3-2-9(8-10(11)15)16-14(18)12-4-5-13(23-12)17(19)20/h2-5,8H,6-7H2,1H3,(H,16,18). The van der Waals surface area contributed by atoms with E-state index in [9.17, 15) is 19.3 Å². The number of carbonyl (C=O) groups is 1. The number of nitrogens with one attached hydrogen (secondary N) is 1. The highest BCUT2D eigenvalue weighted by Gasteiger charge is 2.17. The van der Waals surface area contributed by atoms with Gasteiger partial charge in [0.25, 0.3) is 5.91 Å². The number of carbonyl (C=O) groups excluding carboxylic acids is 1. The summed E-state index contributed by atoms with van der Waals surface area (Å²) in [5, 5.41) is 12.9. The van der Waals surface area contributed by atoms with Gasteiger partial charge >= 0.3 is 5.88 Å². The van der Waals surface area contributed by atoms with Crippen molar-refractivity contribution in [3.63, 3.8) is 0 Å². The van der Waals surface area contributed by atoms with Crippen LogP contribution in [0.3, 0.4) is 0 Å². The normalized spacial score (nSPS) is 10.3. The molecule has 0 saturated carbocycles. The van der Waals surface area contributed by atoms with Crippen LogP contribution in [-0.2, 0) is 4.74 Å². The van der Waals surface area contributed by atoms with Gasteiger partial charge in [0.2, 0.25) is 0 Å². The van der Waals surface area contributed by atoms with E-state index in [2.05, 4.69) is 5.32 Å². The minimum Gasteiger partial charge on any atom is -0.488 e. The molecule has 0 radical (unpaired) electrons. The topological polar surface area (TPSA) is 104 Å². The Kier molecular flexibility index (Phi) is 5.26. The number of hydrogen-bond acceptors (Lipinski definition) is 6. The number of rotatable bonds is 7. The molecule has 1 heterocycles. The molecular formula is C14H13FN2O6. The van der Waals surface area contributed by atoms with E-state index in [1.54, 1.807) is 0 Å². The second-order valence-corrected chi connectivity index (χ2v) is 4.34. The molecule has 23 heavy (non-hydrogen) atoms. The van der Waals surface area contributed by atoms with E-state index < -0.39 is 22.5 Å². The van der Waals surface area contributed by atoms with Crippen molar-refractivity contribution in [2.45, 2.75) is 0 Å². The van der Waals surface area contributed by atoms with Crippen molar-refractivity contribution >= 4 is 17.5 Å². The second kappa shape index (κ2) is 7.36. The van der Waals surface area contributed by atoms with Gasteiger partial charge in [0, 0.05) is 18.9 Å². The molecule has 9 heteroatoms. The number of halogens is 1. The van der Waals surface area contributed by atoms with Gasteiger partial charge < -0.3 is 19.2 Å². The minimum atomic E-state index is -0.761. The Morgan fingerprint density at radius 1 is 1.35 bits per heavy atom. The number of nitrogens with zero attached hydrogens (tertiary/aromatic N) is 1. The molecule has 2 aromatic rings. The van der Waals surface area contributed by atoms with E-state index in [1.165, 1.54) is 19.2 Å². The monoisotopic (exact) mass is 324 g/mol. The van der Waals surface area contributed by atoms with Crippen molar-refractivity contribution in [3.8, 4) is 5.75 Å². The number of hydrogen-bond donors (Lipinski definition) is 1. The molecule has 0 fully saturated rings. The molecule has 8 nitrogen and oxygen atoms in total. The van der Waals surface area contributed by atoms with Crippen LogP contribution in [0.2, 0.25) is 0 Å². The van der Waals surface area contributed by atoms with Gasteiger partial charge in [0.05, 0.1) is 12.7 Å². The van der Waals surface area contributed by atoms with Crippen LogP contribution in [0, 0.1) is 15.9 Å². The van der Waals surface area contributed by atoms with Crippen molar-refractivity contribution in [2.24, 2.45) is 0 Å². The number of furan rings is 1. The van der Waals surface area contributed by atoms with Gasteiger partial charge in [-0.1, -0.05) is 0 Å². The van der Waals surface area contributed by atoms with Crippen molar-refractivity contribution in [3.05, 3.63) is 52.0 Å². The Labute approximate surface area is 129 Å². The molecule has 0 unspecified atom stereocenters. The summed E-state index contributed by atoms with van der Waals surface area (Å²) in [5.41, 5.74) is 0.158. The molecule has 0 aliphatic heterocycles. The lowest BCUT2D eigenvalue weighted by Crippen LogP contribution is -2.11. The Morgan fingerprint density at radius 2 is 2.13 bits per heavy atom. The molecule has 1 N–H and O–H groups in total. The van der Waals surface area contributed by atoms with E-state index >= 15 is 0 Å². The zero-order valence-corrected chi connectivity index (χ0v) is 12.1. The van der Waals surface area contributed by atoms with Gasteiger partial charge in [0.1, 0.15) is 11.5 Å². The van der Waals surface area contributed by atoms with Crippen LogP contribution in [0.5, 0.6) is 5.75 Å². The van der Waals surface area contributed by atoms with E-state index in [-0.39, 0.29) is 23.8 Å². The third-order valence-electron chi connectivity index (χ3n) is 2.73. The number of anilines is 1. The lowest BCUT2D eigenvalue weighted by molar-refractivity contribution is -0.402. The summed E-state index contributed by atoms with van der Waals surface area (Å²) in [7, 11) is 1.50. The number of methoxy groups -OCH3 is 1. The fourth-order valence-electron chi connectivity index (χ4n) is 1.67. The van der Waals surface area contributed by atoms with E-state index in [0.717, 1.165) is 18.2 Å². The highest BCUT2D eigenvalue weighted by molar-refractivity contribution is 6.02. The van der Waals surface area contributed by atoms with Crippen LogP contribution in [0.4, 0.5) is 16.0 Å². The molecule has 2 rings (SSSR count). The maximum atomic E-state index is 13.8. The van der Waals surface area contributed by atoms with E-state index in [1.807, 2.05) is 0 Å². The fraction of sp³-hybridized carbons (Fsp3) is 0.214. The predicted molar refractivity (Wildman–Crippen MR) is 77.1 cm³/mol. The van der Waals surface area contributed by atoms with Crippen molar-refractivity contribution in [1.82, 2.24) is 0 Å². The average molecular weight is 324 g/mol. The van der Waals surface area contributed by atoms with Crippen LogP contribution in [0.1, 0.15) is 10.6 Å². The lowest BCUT2D eigenvalue weighted by Gasteiger charge is -2.08. The average Bonchev–Trinajstić information content (AvgIpc) is 3.00. The minimum absolute atomic E-state index is 0.0219. The van der Waals surface area contributed by atoms with Crippen LogP contribution >= 0.6 is 0 Å². The fourth-order valence-corrected chi connectivity index (χ4v) is 1.67. The first-order chi connectivity index (χ1) is 11.0. The quantitative estimate of drug-likeness (QED) is 0.477. The van der Waals surface area contributed by atoms with E-state index in [4.69, 9.17) is 13.9 Å². The van der Waals surface area contributed by atoms with Gasteiger partial charge in [-0.3, -0.25) is 14.9 Å². The molecule has 0 saturated heterocycles. The predicted octanol–water partition coefficient (Wildman–Crippen LogP) is 2.60. The molecule has 1 aromatic heterocycles. The Hall–Kier alpha value is -2.94. The molecule has 0 spiro atoms. The largest absolute Gasteiger partial charge is 0.488 e. The maximum Gasteiger partial charge on any atom is 0.433 e. The number of benzene rings is 1. The van der Waals surface area contributed by atoms with Gasteiger partial charge in [-0.05, 0) is 18.2 Å². The first-order valence-electron chi connectivity index (χ1n) is 6.48. The molecule has 122 valence electrons. The molecule has 0 bridgehead atoms. The lowest BCUT2D eigenvalue weighted by atomic mass is 10.2. The molecule has 0 atom stereocenters. The Bertz CT molecular complexity index is 715. The summed E-state index contributed by atoms with van der Waals surface area (Å²) in [6.07, 6.45) is 0. The molecule has 0 aliphatic carbocycles. The molecule has 1 amide bonds. The molecular weight excluding hydrogens is 311 g/mol. The van der Waals surface area contributed by atoms with Gasteiger partial charge in [-0.2, -0.15) is 0 Å². The molecule has 0 aliphatic rings. The summed E-state index contributed by atoms with van der Waals surface area (Å²) >= 11 is 0. The Morgan fingerprint density at radius 3 is 2.74 bits per heavy atom. The first kappa shape index (κ1) is 16.4. The number of amides is 1. The summed E-state index contributed by atoms with van der Waals surface area (Å²) in [6.45, 7) is 0.504. The summed E-state index contributed by atoms with van der Waals surface area (Å²) < 4.78 is 28.5. The zero-order chi connectivity index (χ0) is 16.8. The summed E-state index contributed by atoms with van der Waals surface area (Å²) in [6, 6.07) is 6.07. The highest BCUT2D eigenvalue weighted by Crippen LogP contribution is 2.22. The zero-order valence-electron chi connectivity index (χ0n) is 12.1. The van der Waals surface area contributed by atoms with E-state index in [0.29, 0.717) is 6.61 Å². The SMILES string of the molecule is COCCOc1ccc(NC(=O)c2ccc([N+](=O)[O-])o2)cc1F. The van der Waals surface area contributed by atoms with Crippen LogP contribution in [0.25, 0.3) is 0 Å². The summed E-state index contributed by atoms with van der Waals surface area (Å²) in [5.74, 6) is -2.18. The van der Waals surface area contributed by atoms with Gasteiger partial charge in [-0.25, -0.2) is 4.39 Å². The van der Waals surface area contributed by atoms with Crippen molar-refractivity contribution in [2.75, 3.05) is 25.6 Å². The molecule has 1 aromatic carbocycles. The summed E-state index contributed by atoms with van der Waals surface area (Å²) in [4.78, 5) is 21.6. The second-order valence-electron chi connectivity index (χ2n) is 4.34. The van der Waals surface area contributed by atoms with Gasteiger partial charge in [-0.15, -0.1) is 0 Å². The van der Waals surface area contributed by atoms with Crippen LogP contribution < -0.4 is 10.1 Å². The Balaban J connectivity index is 2.03. The third kappa shape index (κ3) is 4.27. The van der Waals surface area contributed by atoms with Crippen LogP contribution in [-0.4, -0.2) is 31.2 Å². The third-order valence-corrected chi connectivity index (χ3v) is 2.73. The number of ether oxygens (including phenoxy) is 2. The van der Waals surface area contributed by atoms with Crippen molar-refractivity contribution in [1.29, 1.82) is 0 Å². The van der Waals surface area contributed by atoms with Crippen molar-refractivity contribution < 1.29 is 28.0 Å². The van der Waals surface area contributed by atoms with Crippen LogP contribution in [0.15, 0.2) is 34.7 Å². The first-order valence-corrected chi connectivity index (χ1v) is 6.48. The maximum absolute atomic E-state index is 13.8. The van der Waals surface area contributed by atoms with Gasteiger partial charge in [0.15, 0.2) is 17.3 Å². The highest BCUT2D eigenvalue weighted by atomic mass is 19.1. The number of nitro groups is 1.